The van der Waals surface area contributed by atoms with E-state index in [9.17, 15) is 4.79 Å². The first kappa shape index (κ1) is 14.3. The minimum atomic E-state index is -0.176. The fourth-order valence-corrected chi connectivity index (χ4v) is 3.33. The number of thioether (sulfide) groups is 2. The van der Waals surface area contributed by atoms with Gasteiger partial charge in [0.25, 0.3) is 5.22 Å². The second kappa shape index (κ2) is 6.87. The van der Waals surface area contributed by atoms with E-state index < -0.39 is 0 Å². The van der Waals surface area contributed by atoms with Crippen LogP contribution in [-0.2, 0) is 4.79 Å². The van der Waals surface area contributed by atoms with Gasteiger partial charge in [-0.05, 0) is 5.75 Å². The predicted octanol–water partition coefficient (Wildman–Crippen LogP) is 2.07. The average molecular weight is 317 g/mol. The number of hydrogen-bond donors (Lipinski definition) is 1. The molecule has 7 nitrogen and oxygen atoms in total. The second-order valence-corrected chi connectivity index (χ2v) is 6.65. The maximum absolute atomic E-state index is 11.7. The molecular formula is C9H11N5O2S3. The van der Waals surface area contributed by atoms with Crippen molar-refractivity contribution in [1.29, 1.82) is 0 Å². The lowest BCUT2D eigenvalue weighted by molar-refractivity contribution is -0.113. The van der Waals surface area contributed by atoms with Gasteiger partial charge in [0, 0.05) is 6.92 Å². The summed E-state index contributed by atoms with van der Waals surface area (Å²) < 4.78 is 6.00. The molecule has 0 aromatic carbocycles. The van der Waals surface area contributed by atoms with Crippen molar-refractivity contribution in [1.82, 2.24) is 20.4 Å². The zero-order valence-corrected chi connectivity index (χ0v) is 12.7. The van der Waals surface area contributed by atoms with Crippen molar-refractivity contribution >= 4 is 45.9 Å². The van der Waals surface area contributed by atoms with E-state index in [-0.39, 0.29) is 11.7 Å². The highest BCUT2D eigenvalue weighted by Gasteiger charge is 2.11. The van der Waals surface area contributed by atoms with Gasteiger partial charge in [-0.3, -0.25) is 10.1 Å². The number of nitrogens with one attached hydrogen (secondary N) is 1. The monoisotopic (exact) mass is 317 g/mol. The van der Waals surface area contributed by atoms with Crippen molar-refractivity contribution in [3.8, 4) is 0 Å². The van der Waals surface area contributed by atoms with E-state index in [2.05, 4.69) is 25.7 Å². The molecule has 0 bridgehead atoms. The number of hydrogen-bond acceptors (Lipinski definition) is 9. The largest absolute Gasteiger partial charge is 0.416 e. The van der Waals surface area contributed by atoms with Crippen LogP contribution in [0.1, 0.15) is 12.8 Å². The van der Waals surface area contributed by atoms with Crippen LogP contribution in [0.15, 0.2) is 14.0 Å². The van der Waals surface area contributed by atoms with E-state index in [1.54, 1.807) is 18.7 Å². The number of rotatable bonds is 6. The van der Waals surface area contributed by atoms with Crippen LogP contribution in [0.5, 0.6) is 0 Å². The molecule has 0 aliphatic carbocycles. The molecular weight excluding hydrogens is 306 g/mol. The summed E-state index contributed by atoms with van der Waals surface area (Å²) in [5, 5.41) is 18.9. The Labute approximate surface area is 122 Å². The van der Waals surface area contributed by atoms with Gasteiger partial charge in [0.1, 0.15) is 0 Å². The SMILES string of the molecule is CCSc1nnc(NC(=O)CSc2nnc(C)o2)s1. The molecule has 0 saturated carbocycles. The molecule has 10 heteroatoms. The molecule has 0 aliphatic rings. The van der Waals surface area contributed by atoms with Crippen LogP contribution in [0.2, 0.25) is 0 Å². The van der Waals surface area contributed by atoms with Crippen LogP contribution in [0.4, 0.5) is 5.13 Å². The highest BCUT2D eigenvalue weighted by Crippen LogP contribution is 2.25. The highest BCUT2D eigenvalue weighted by molar-refractivity contribution is 8.01. The van der Waals surface area contributed by atoms with Gasteiger partial charge in [-0.15, -0.1) is 20.4 Å². The topological polar surface area (TPSA) is 93.8 Å². The Morgan fingerprint density at radius 1 is 1.32 bits per heavy atom. The molecule has 2 aromatic rings. The zero-order chi connectivity index (χ0) is 13.7. The fraction of sp³-hybridized carbons (Fsp3) is 0.444. The van der Waals surface area contributed by atoms with Gasteiger partial charge in [-0.25, -0.2) is 0 Å². The molecule has 1 N–H and O–H groups in total. The number of aryl methyl sites for hydroxylation is 1. The Morgan fingerprint density at radius 3 is 2.84 bits per heavy atom. The molecule has 0 aliphatic heterocycles. The van der Waals surface area contributed by atoms with Crippen LogP contribution in [0, 0.1) is 6.92 Å². The predicted molar refractivity (Wildman–Crippen MR) is 74.7 cm³/mol. The molecule has 0 atom stereocenters. The van der Waals surface area contributed by atoms with Crippen molar-refractivity contribution in [3.63, 3.8) is 0 Å². The molecule has 0 saturated heterocycles. The van der Waals surface area contributed by atoms with E-state index in [1.165, 1.54) is 23.1 Å². The number of carbonyl (C=O) groups is 1. The Morgan fingerprint density at radius 2 is 2.16 bits per heavy atom. The Balaban J connectivity index is 1.80. The molecule has 0 unspecified atom stereocenters. The van der Waals surface area contributed by atoms with E-state index >= 15 is 0 Å². The number of carbonyl (C=O) groups excluding carboxylic acids is 1. The van der Waals surface area contributed by atoms with Gasteiger partial charge in [0.05, 0.1) is 5.75 Å². The molecule has 0 spiro atoms. The normalized spacial score (nSPS) is 10.6. The molecule has 2 heterocycles. The molecule has 102 valence electrons. The van der Waals surface area contributed by atoms with Crippen LogP contribution in [0.3, 0.4) is 0 Å². The number of amides is 1. The lowest BCUT2D eigenvalue weighted by Gasteiger charge is -1.97. The van der Waals surface area contributed by atoms with Crippen LogP contribution in [-0.4, -0.2) is 37.8 Å². The van der Waals surface area contributed by atoms with Crippen molar-refractivity contribution in [2.45, 2.75) is 23.4 Å². The van der Waals surface area contributed by atoms with Crippen molar-refractivity contribution in [3.05, 3.63) is 5.89 Å². The number of anilines is 1. The standard InChI is InChI=1S/C9H11N5O2S3/c1-3-17-9-14-12-7(19-9)10-6(15)4-18-8-13-11-5(2)16-8/h3-4H2,1-2H3,(H,10,12,15). The third kappa shape index (κ3) is 4.48. The quantitative estimate of drug-likeness (QED) is 0.639. The second-order valence-electron chi connectivity index (χ2n) is 3.23. The highest BCUT2D eigenvalue weighted by atomic mass is 32.2. The van der Waals surface area contributed by atoms with E-state index in [0.717, 1.165) is 10.1 Å². The van der Waals surface area contributed by atoms with Gasteiger partial charge in [-0.1, -0.05) is 41.8 Å². The minimum Gasteiger partial charge on any atom is -0.416 e. The van der Waals surface area contributed by atoms with Crippen molar-refractivity contribution in [2.24, 2.45) is 0 Å². The Kier molecular flexibility index (Phi) is 5.16. The summed E-state index contributed by atoms with van der Waals surface area (Å²) in [6, 6.07) is 0. The summed E-state index contributed by atoms with van der Waals surface area (Å²) in [4.78, 5) is 11.7. The summed E-state index contributed by atoms with van der Waals surface area (Å²) in [6.07, 6.45) is 0. The van der Waals surface area contributed by atoms with Crippen LogP contribution in [0.25, 0.3) is 0 Å². The molecule has 19 heavy (non-hydrogen) atoms. The van der Waals surface area contributed by atoms with Crippen LogP contribution >= 0.6 is 34.9 Å². The molecule has 2 rings (SSSR count). The van der Waals surface area contributed by atoms with Crippen molar-refractivity contribution < 1.29 is 9.21 Å². The first-order valence-electron chi connectivity index (χ1n) is 5.36. The Hall–Kier alpha value is -1.13. The number of nitrogens with zero attached hydrogens (tertiary/aromatic N) is 4. The fourth-order valence-electron chi connectivity index (χ4n) is 1.06. The Bertz CT molecular complexity index is 556. The molecule has 0 fully saturated rings. The first-order valence-corrected chi connectivity index (χ1v) is 8.15. The minimum absolute atomic E-state index is 0.176. The van der Waals surface area contributed by atoms with E-state index in [1.807, 2.05) is 6.92 Å². The summed E-state index contributed by atoms with van der Waals surface area (Å²) in [7, 11) is 0. The average Bonchev–Trinajstić information content (AvgIpc) is 2.97. The van der Waals surface area contributed by atoms with Crippen molar-refractivity contribution in [2.75, 3.05) is 16.8 Å². The maximum atomic E-state index is 11.7. The third-order valence-electron chi connectivity index (χ3n) is 1.75. The summed E-state index contributed by atoms with van der Waals surface area (Å²) >= 11 is 4.14. The zero-order valence-electron chi connectivity index (χ0n) is 10.2. The smallest absolute Gasteiger partial charge is 0.277 e. The number of aromatic nitrogens is 4. The van der Waals surface area contributed by atoms with Crippen LogP contribution < -0.4 is 5.32 Å². The summed E-state index contributed by atoms with van der Waals surface area (Å²) in [5.74, 6) is 1.42. The lowest BCUT2D eigenvalue weighted by atomic mass is 10.7. The van der Waals surface area contributed by atoms with Gasteiger partial charge >= 0.3 is 0 Å². The molecule has 1 amide bonds. The maximum Gasteiger partial charge on any atom is 0.277 e. The summed E-state index contributed by atoms with van der Waals surface area (Å²) in [6.45, 7) is 3.73. The first-order chi connectivity index (χ1) is 9.17. The van der Waals surface area contributed by atoms with Gasteiger partial charge < -0.3 is 4.42 Å². The lowest BCUT2D eigenvalue weighted by Crippen LogP contribution is -2.13. The van der Waals surface area contributed by atoms with E-state index in [0.29, 0.717) is 16.2 Å². The van der Waals surface area contributed by atoms with Gasteiger partial charge in [0.2, 0.25) is 16.9 Å². The van der Waals surface area contributed by atoms with Gasteiger partial charge in [0.15, 0.2) is 4.34 Å². The molecule has 2 aromatic heterocycles. The molecule has 0 radical (unpaired) electrons. The van der Waals surface area contributed by atoms with E-state index in [4.69, 9.17) is 4.42 Å². The van der Waals surface area contributed by atoms with Gasteiger partial charge in [-0.2, -0.15) is 0 Å². The third-order valence-corrected chi connectivity index (χ3v) is 4.43. The summed E-state index contributed by atoms with van der Waals surface area (Å²) in [5.41, 5.74) is 0.